The molecule has 126 valence electrons. The van der Waals surface area contributed by atoms with Gasteiger partial charge in [0, 0.05) is 20.2 Å². The Kier molecular flexibility index (Phi) is 5.38. The summed E-state index contributed by atoms with van der Waals surface area (Å²) >= 11 is 3.44. The molecule has 0 atom stereocenters. The summed E-state index contributed by atoms with van der Waals surface area (Å²) < 4.78 is 0. The van der Waals surface area contributed by atoms with Crippen molar-refractivity contribution in [2.24, 2.45) is 0 Å². The molecule has 1 nitrogen and oxygen atoms in total. The maximum absolute atomic E-state index is 4.98. The highest BCUT2D eigenvalue weighted by atomic mass is 32.2. The lowest BCUT2D eigenvalue weighted by atomic mass is 10.1. The van der Waals surface area contributed by atoms with Crippen LogP contribution in [-0.4, -0.2) is 4.98 Å². The van der Waals surface area contributed by atoms with Crippen LogP contribution in [0.25, 0.3) is 11.3 Å². The third-order valence-electron chi connectivity index (χ3n) is 3.82. The van der Waals surface area contributed by atoms with Crippen molar-refractivity contribution >= 4 is 23.5 Å². The summed E-state index contributed by atoms with van der Waals surface area (Å²) in [6.45, 7) is 0. The molecule has 0 bridgehead atoms. The number of hydrogen-bond acceptors (Lipinski definition) is 3. The second kappa shape index (κ2) is 8.26. The highest BCUT2D eigenvalue weighted by Crippen LogP contribution is 2.37. The number of aromatic nitrogens is 1. The van der Waals surface area contributed by atoms with Gasteiger partial charge in [0.05, 0.1) is 5.69 Å². The van der Waals surface area contributed by atoms with Gasteiger partial charge in [0.25, 0.3) is 0 Å². The highest BCUT2D eigenvalue weighted by molar-refractivity contribution is 7.99. The molecule has 0 aliphatic carbocycles. The van der Waals surface area contributed by atoms with Gasteiger partial charge in [0.2, 0.25) is 0 Å². The molecule has 1 aromatic heterocycles. The summed E-state index contributed by atoms with van der Waals surface area (Å²) in [7, 11) is 0. The van der Waals surface area contributed by atoms with Gasteiger partial charge >= 0.3 is 0 Å². The van der Waals surface area contributed by atoms with E-state index in [4.69, 9.17) is 4.98 Å². The van der Waals surface area contributed by atoms with Crippen LogP contribution < -0.4 is 0 Å². The molecule has 0 saturated heterocycles. The molecule has 26 heavy (non-hydrogen) atoms. The Hall–Kier alpha value is -2.49. The average Bonchev–Trinajstić information content (AvgIpc) is 2.71. The molecule has 0 amide bonds. The van der Waals surface area contributed by atoms with Gasteiger partial charge in [-0.2, -0.15) is 0 Å². The van der Waals surface area contributed by atoms with E-state index in [1.807, 2.05) is 18.2 Å². The standard InChI is InChI=1S/C23H17NS2/c1-4-10-18(11-5-1)23-21(25-19-12-6-2-7-13-19)16-17-22(24-23)26-20-14-8-3-9-15-20/h1-17H. The average molecular weight is 372 g/mol. The Balaban J connectivity index is 1.71. The third-order valence-corrected chi connectivity index (χ3v) is 5.82. The fraction of sp³-hybridized carbons (Fsp3) is 0. The molecule has 1 heterocycles. The van der Waals surface area contributed by atoms with E-state index in [1.54, 1.807) is 23.5 Å². The first kappa shape index (κ1) is 17.0. The number of hydrogen-bond donors (Lipinski definition) is 0. The molecule has 0 spiro atoms. The van der Waals surface area contributed by atoms with Crippen molar-refractivity contribution in [2.75, 3.05) is 0 Å². The molecule has 3 aromatic carbocycles. The van der Waals surface area contributed by atoms with Crippen LogP contribution in [-0.2, 0) is 0 Å². The highest BCUT2D eigenvalue weighted by Gasteiger charge is 2.11. The molecule has 0 fully saturated rings. The topological polar surface area (TPSA) is 12.9 Å². The predicted molar refractivity (Wildman–Crippen MR) is 111 cm³/mol. The van der Waals surface area contributed by atoms with E-state index in [2.05, 4.69) is 84.9 Å². The zero-order chi connectivity index (χ0) is 17.6. The van der Waals surface area contributed by atoms with Crippen LogP contribution in [0.1, 0.15) is 0 Å². The van der Waals surface area contributed by atoms with Crippen molar-refractivity contribution in [2.45, 2.75) is 19.7 Å². The fourth-order valence-electron chi connectivity index (χ4n) is 2.60. The van der Waals surface area contributed by atoms with Crippen molar-refractivity contribution in [1.82, 2.24) is 4.98 Å². The maximum atomic E-state index is 4.98. The van der Waals surface area contributed by atoms with Gasteiger partial charge in [-0.15, -0.1) is 0 Å². The summed E-state index contributed by atoms with van der Waals surface area (Å²) in [6, 6.07) is 35.5. The first-order valence-electron chi connectivity index (χ1n) is 8.41. The number of nitrogens with zero attached hydrogens (tertiary/aromatic N) is 1. The molecule has 4 rings (SSSR count). The lowest BCUT2D eigenvalue weighted by molar-refractivity contribution is 1.09. The van der Waals surface area contributed by atoms with Crippen LogP contribution in [0.2, 0.25) is 0 Å². The molecular weight excluding hydrogens is 354 g/mol. The molecule has 0 aliphatic heterocycles. The predicted octanol–water partition coefficient (Wildman–Crippen LogP) is 7.05. The Bertz CT molecular complexity index is 971. The fourth-order valence-corrected chi connectivity index (χ4v) is 4.35. The minimum absolute atomic E-state index is 1.01. The minimum Gasteiger partial charge on any atom is -0.240 e. The Morgan fingerprint density at radius 1 is 0.500 bits per heavy atom. The zero-order valence-corrected chi connectivity index (χ0v) is 15.7. The van der Waals surface area contributed by atoms with E-state index in [-0.39, 0.29) is 0 Å². The van der Waals surface area contributed by atoms with Crippen molar-refractivity contribution in [3.8, 4) is 11.3 Å². The lowest BCUT2D eigenvalue weighted by Gasteiger charge is -2.11. The molecule has 4 aromatic rings. The van der Waals surface area contributed by atoms with Crippen molar-refractivity contribution in [3.63, 3.8) is 0 Å². The Morgan fingerprint density at radius 2 is 1.04 bits per heavy atom. The van der Waals surface area contributed by atoms with Crippen LogP contribution in [0.15, 0.2) is 123 Å². The van der Waals surface area contributed by atoms with Crippen molar-refractivity contribution in [3.05, 3.63) is 103 Å². The molecule has 0 saturated carbocycles. The minimum atomic E-state index is 1.01. The number of pyridine rings is 1. The smallest absolute Gasteiger partial charge is 0.102 e. The second-order valence-corrected chi connectivity index (χ2v) is 7.90. The lowest BCUT2D eigenvalue weighted by Crippen LogP contribution is -1.90. The summed E-state index contributed by atoms with van der Waals surface area (Å²) in [6.07, 6.45) is 0. The second-order valence-electron chi connectivity index (χ2n) is 5.69. The molecule has 0 aliphatic rings. The van der Waals surface area contributed by atoms with E-state index < -0.39 is 0 Å². The zero-order valence-electron chi connectivity index (χ0n) is 14.1. The van der Waals surface area contributed by atoms with E-state index in [0.29, 0.717) is 0 Å². The van der Waals surface area contributed by atoms with E-state index >= 15 is 0 Å². The normalized spacial score (nSPS) is 10.6. The largest absolute Gasteiger partial charge is 0.240 e. The van der Waals surface area contributed by atoms with Crippen LogP contribution in [0.4, 0.5) is 0 Å². The third kappa shape index (κ3) is 4.18. The van der Waals surface area contributed by atoms with Gasteiger partial charge in [-0.25, -0.2) is 4.98 Å². The summed E-state index contributed by atoms with van der Waals surface area (Å²) in [5.74, 6) is 0. The number of benzene rings is 3. The maximum Gasteiger partial charge on any atom is 0.102 e. The Morgan fingerprint density at radius 3 is 1.65 bits per heavy atom. The Labute approximate surface area is 162 Å². The first-order chi connectivity index (χ1) is 12.9. The molecule has 0 radical (unpaired) electrons. The van der Waals surface area contributed by atoms with Crippen LogP contribution >= 0.6 is 23.5 Å². The summed E-state index contributed by atoms with van der Waals surface area (Å²) in [4.78, 5) is 8.56. The van der Waals surface area contributed by atoms with Gasteiger partial charge < -0.3 is 0 Å². The van der Waals surface area contributed by atoms with Crippen molar-refractivity contribution < 1.29 is 0 Å². The van der Waals surface area contributed by atoms with Crippen molar-refractivity contribution in [1.29, 1.82) is 0 Å². The van der Waals surface area contributed by atoms with Gasteiger partial charge in [-0.3, -0.25) is 0 Å². The monoisotopic (exact) mass is 371 g/mol. The van der Waals surface area contributed by atoms with Gasteiger partial charge in [-0.05, 0) is 36.4 Å². The number of rotatable bonds is 5. The SMILES string of the molecule is c1ccc(Sc2ccc(Sc3ccccc3)c(-c3ccccc3)n2)cc1. The van der Waals surface area contributed by atoms with E-state index in [9.17, 15) is 0 Å². The van der Waals surface area contributed by atoms with Crippen LogP contribution in [0.3, 0.4) is 0 Å². The molecule has 3 heteroatoms. The van der Waals surface area contributed by atoms with Crippen LogP contribution in [0.5, 0.6) is 0 Å². The van der Waals surface area contributed by atoms with Crippen LogP contribution in [0, 0.1) is 0 Å². The van der Waals surface area contributed by atoms with Gasteiger partial charge in [0.1, 0.15) is 5.03 Å². The summed E-state index contributed by atoms with van der Waals surface area (Å²) in [5, 5.41) is 1.01. The van der Waals surface area contributed by atoms with Gasteiger partial charge in [-0.1, -0.05) is 90.3 Å². The molecular formula is C23H17NS2. The van der Waals surface area contributed by atoms with E-state index in [0.717, 1.165) is 16.3 Å². The molecule has 0 N–H and O–H groups in total. The molecule has 0 unspecified atom stereocenters. The first-order valence-corrected chi connectivity index (χ1v) is 10.0. The quantitative estimate of drug-likeness (QED) is 0.373. The van der Waals surface area contributed by atoms with E-state index in [1.165, 1.54) is 14.7 Å². The van der Waals surface area contributed by atoms with Gasteiger partial charge in [0.15, 0.2) is 0 Å². The summed E-state index contributed by atoms with van der Waals surface area (Å²) in [5.41, 5.74) is 2.17.